The van der Waals surface area contributed by atoms with Crippen LogP contribution in [0.5, 0.6) is 0 Å². The van der Waals surface area contributed by atoms with Crippen LogP contribution in [0.1, 0.15) is 12.8 Å². The van der Waals surface area contributed by atoms with Crippen LogP contribution < -0.4 is 16.4 Å². The average molecular weight is 261 g/mol. The number of anilines is 2. The lowest BCUT2D eigenvalue weighted by Crippen LogP contribution is -2.30. The molecule has 0 aromatic carbocycles. The predicted molar refractivity (Wildman–Crippen MR) is 70.3 cm³/mol. The third-order valence-corrected chi connectivity index (χ3v) is 2.97. The van der Waals surface area contributed by atoms with E-state index < -0.39 is 0 Å². The molecular weight excluding hydrogens is 246 g/mol. The van der Waals surface area contributed by atoms with Crippen molar-refractivity contribution in [2.45, 2.75) is 12.8 Å². The van der Waals surface area contributed by atoms with Crippen molar-refractivity contribution in [1.82, 2.24) is 25.3 Å². The van der Waals surface area contributed by atoms with Crippen molar-refractivity contribution in [3.63, 3.8) is 0 Å². The highest BCUT2D eigenvalue weighted by atomic mass is 16.2. The molecule has 0 bridgehead atoms. The summed E-state index contributed by atoms with van der Waals surface area (Å²) in [5, 5.41) is 5.98. The van der Waals surface area contributed by atoms with Crippen LogP contribution in [-0.4, -0.2) is 38.9 Å². The fourth-order valence-corrected chi connectivity index (χ4v) is 1.83. The van der Waals surface area contributed by atoms with E-state index in [9.17, 15) is 4.79 Å². The molecule has 1 saturated carbocycles. The fourth-order valence-electron chi connectivity index (χ4n) is 1.83. The number of amides is 1. The van der Waals surface area contributed by atoms with E-state index in [2.05, 4.69) is 30.6 Å². The van der Waals surface area contributed by atoms with Crippen LogP contribution in [0.3, 0.4) is 0 Å². The van der Waals surface area contributed by atoms with Crippen LogP contribution in [0.25, 0.3) is 11.2 Å². The number of carbonyl (C=O) groups is 1. The molecule has 8 heteroatoms. The number of fused-ring (bicyclic) bond motifs is 1. The number of aromatic nitrogens is 4. The highest BCUT2D eigenvalue weighted by molar-refractivity contribution is 5.83. The molecule has 19 heavy (non-hydrogen) atoms. The quantitative estimate of drug-likeness (QED) is 0.556. The third kappa shape index (κ3) is 2.56. The summed E-state index contributed by atoms with van der Waals surface area (Å²) >= 11 is 0. The molecule has 100 valence electrons. The van der Waals surface area contributed by atoms with Crippen LogP contribution in [0.2, 0.25) is 0 Å². The summed E-state index contributed by atoms with van der Waals surface area (Å²) in [6, 6.07) is 0. The first-order valence-electron chi connectivity index (χ1n) is 6.22. The van der Waals surface area contributed by atoms with Gasteiger partial charge in [-0.3, -0.25) is 4.79 Å². The molecule has 1 amide bonds. The Bertz CT molecular complexity index is 604. The molecule has 5 N–H and O–H groups in total. The van der Waals surface area contributed by atoms with E-state index in [-0.39, 0.29) is 17.8 Å². The van der Waals surface area contributed by atoms with Crippen molar-refractivity contribution in [2.75, 3.05) is 24.1 Å². The Kier molecular flexibility index (Phi) is 2.90. The average Bonchev–Trinajstić information content (AvgIpc) is 3.13. The molecule has 2 heterocycles. The number of carbonyl (C=O) groups excluding carboxylic acids is 1. The minimum Gasteiger partial charge on any atom is -0.368 e. The molecule has 0 spiro atoms. The van der Waals surface area contributed by atoms with Crippen LogP contribution in [-0.2, 0) is 4.79 Å². The second-order valence-corrected chi connectivity index (χ2v) is 4.52. The maximum atomic E-state index is 11.4. The van der Waals surface area contributed by atoms with Crippen LogP contribution in [0.4, 0.5) is 11.8 Å². The first kappa shape index (κ1) is 11.7. The van der Waals surface area contributed by atoms with Gasteiger partial charge in [0.2, 0.25) is 11.9 Å². The fraction of sp³-hybridized carbons (Fsp3) is 0.455. The number of hydrogen-bond acceptors (Lipinski definition) is 6. The van der Waals surface area contributed by atoms with Gasteiger partial charge in [-0.1, -0.05) is 0 Å². The Morgan fingerprint density at radius 1 is 1.42 bits per heavy atom. The lowest BCUT2D eigenvalue weighted by Gasteiger charge is -2.07. The molecule has 0 aliphatic heterocycles. The number of H-pyrrole nitrogens is 1. The molecule has 8 nitrogen and oxygen atoms in total. The van der Waals surface area contributed by atoms with Crippen molar-refractivity contribution >= 4 is 28.8 Å². The van der Waals surface area contributed by atoms with E-state index in [1.165, 1.54) is 0 Å². The number of rotatable bonds is 5. The van der Waals surface area contributed by atoms with Gasteiger partial charge in [0.1, 0.15) is 5.52 Å². The summed E-state index contributed by atoms with van der Waals surface area (Å²) < 4.78 is 0. The van der Waals surface area contributed by atoms with Gasteiger partial charge in [-0.25, -0.2) is 4.98 Å². The molecule has 2 aromatic rings. The van der Waals surface area contributed by atoms with E-state index in [4.69, 9.17) is 5.73 Å². The van der Waals surface area contributed by atoms with Crippen molar-refractivity contribution < 1.29 is 4.79 Å². The van der Waals surface area contributed by atoms with Gasteiger partial charge in [0.05, 0.1) is 6.33 Å². The number of nitrogens with one attached hydrogen (secondary N) is 3. The van der Waals surface area contributed by atoms with Crippen molar-refractivity contribution in [3.05, 3.63) is 6.33 Å². The monoisotopic (exact) mass is 261 g/mol. The first-order valence-corrected chi connectivity index (χ1v) is 6.22. The van der Waals surface area contributed by atoms with Gasteiger partial charge in [0.15, 0.2) is 11.5 Å². The predicted octanol–water partition coefficient (Wildman–Crippen LogP) is -0.127. The molecule has 1 aliphatic carbocycles. The second-order valence-electron chi connectivity index (χ2n) is 4.52. The van der Waals surface area contributed by atoms with Gasteiger partial charge >= 0.3 is 0 Å². The lowest BCUT2D eigenvalue weighted by molar-refractivity contribution is -0.122. The molecule has 0 radical (unpaired) electrons. The zero-order chi connectivity index (χ0) is 13.2. The largest absolute Gasteiger partial charge is 0.368 e. The number of hydrogen-bond donors (Lipinski definition) is 4. The Hall–Kier alpha value is -2.38. The highest BCUT2D eigenvalue weighted by Gasteiger charge is 2.28. The molecule has 3 rings (SSSR count). The summed E-state index contributed by atoms with van der Waals surface area (Å²) in [5.41, 5.74) is 6.83. The van der Waals surface area contributed by atoms with E-state index in [1.807, 2.05) is 0 Å². The molecule has 0 atom stereocenters. The van der Waals surface area contributed by atoms with Gasteiger partial charge in [-0.05, 0) is 12.8 Å². The van der Waals surface area contributed by atoms with Crippen molar-refractivity contribution in [2.24, 2.45) is 5.92 Å². The van der Waals surface area contributed by atoms with Crippen molar-refractivity contribution in [1.29, 1.82) is 0 Å². The Morgan fingerprint density at radius 2 is 2.26 bits per heavy atom. The Balaban J connectivity index is 1.58. The minimum atomic E-state index is 0.135. The first-order chi connectivity index (χ1) is 9.24. The third-order valence-electron chi connectivity index (χ3n) is 2.97. The zero-order valence-electron chi connectivity index (χ0n) is 10.3. The zero-order valence-corrected chi connectivity index (χ0v) is 10.3. The van der Waals surface area contributed by atoms with Crippen LogP contribution in [0.15, 0.2) is 6.33 Å². The van der Waals surface area contributed by atoms with E-state index >= 15 is 0 Å². The molecule has 1 fully saturated rings. The molecule has 0 saturated heterocycles. The molecular formula is C11H15N7O. The topological polar surface area (TPSA) is 122 Å². The minimum absolute atomic E-state index is 0.135. The number of imidazole rings is 1. The summed E-state index contributed by atoms with van der Waals surface area (Å²) in [6.45, 7) is 1.12. The van der Waals surface area contributed by atoms with Gasteiger partial charge in [0, 0.05) is 19.0 Å². The molecule has 2 aromatic heterocycles. The Labute approximate surface area is 109 Å². The Morgan fingerprint density at radius 3 is 3.05 bits per heavy atom. The second kappa shape index (κ2) is 4.71. The summed E-state index contributed by atoms with van der Waals surface area (Å²) in [4.78, 5) is 26.5. The summed E-state index contributed by atoms with van der Waals surface area (Å²) in [5.74, 6) is 1.13. The maximum Gasteiger partial charge on any atom is 0.224 e. The van der Waals surface area contributed by atoms with E-state index in [0.717, 1.165) is 12.8 Å². The lowest BCUT2D eigenvalue weighted by atomic mass is 10.4. The summed E-state index contributed by atoms with van der Waals surface area (Å²) in [7, 11) is 0. The smallest absolute Gasteiger partial charge is 0.224 e. The van der Waals surface area contributed by atoms with E-state index in [0.29, 0.717) is 30.1 Å². The number of nitrogens with two attached hydrogens (primary N) is 1. The number of nitrogens with zero attached hydrogens (tertiary/aromatic N) is 3. The SMILES string of the molecule is Nc1nc(NCCNC(=O)C2CC2)c2[nH]cnc2n1. The number of nitrogen functional groups attached to an aromatic ring is 1. The van der Waals surface area contributed by atoms with Gasteiger partial charge in [0.25, 0.3) is 0 Å². The van der Waals surface area contributed by atoms with E-state index in [1.54, 1.807) is 6.33 Å². The maximum absolute atomic E-state index is 11.4. The van der Waals surface area contributed by atoms with Gasteiger partial charge < -0.3 is 21.4 Å². The van der Waals surface area contributed by atoms with Crippen LogP contribution >= 0.6 is 0 Å². The summed E-state index contributed by atoms with van der Waals surface area (Å²) in [6.07, 6.45) is 3.56. The molecule has 0 unspecified atom stereocenters. The number of aromatic amines is 1. The van der Waals surface area contributed by atoms with Gasteiger partial charge in [-0.15, -0.1) is 0 Å². The van der Waals surface area contributed by atoms with Crippen molar-refractivity contribution in [3.8, 4) is 0 Å². The van der Waals surface area contributed by atoms with Gasteiger partial charge in [-0.2, -0.15) is 9.97 Å². The standard InChI is InChI=1S/C11H15N7O/c12-11-17-8(7-9(18-11)16-5-15-7)13-3-4-14-10(19)6-1-2-6/h5-6H,1-4H2,(H,14,19)(H4,12,13,15,16,17,18). The highest BCUT2D eigenvalue weighted by Crippen LogP contribution is 2.28. The van der Waals surface area contributed by atoms with Crippen LogP contribution in [0, 0.1) is 5.92 Å². The normalized spacial score (nSPS) is 14.5. The molecule has 1 aliphatic rings.